The standard InChI is InChI=1S/C10H14BrN3O2/c1-6-9(11)7(2)14(10(16)13-6)5-4-8(15)12-3/h4-5H2,1-3H3,(H,12,15). The van der Waals surface area contributed by atoms with Gasteiger partial charge in [0.2, 0.25) is 5.91 Å². The predicted molar refractivity (Wildman–Crippen MR) is 64.4 cm³/mol. The molecular weight excluding hydrogens is 274 g/mol. The summed E-state index contributed by atoms with van der Waals surface area (Å²) in [6.45, 7) is 3.93. The number of halogens is 1. The molecule has 0 aromatic carbocycles. The summed E-state index contributed by atoms with van der Waals surface area (Å²) in [4.78, 5) is 26.6. The Morgan fingerprint density at radius 2 is 2.12 bits per heavy atom. The molecule has 0 saturated heterocycles. The van der Waals surface area contributed by atoms with Crippen LogP contribution >= 0.6 is 15.9 Å². The lowest BCUT2D eigenvalue weighted by Crippen LogP contribution is -2.29. The van der Waals surface area contributed by atoms with Crippen molar-refractivity contribution >= 4 is 21.8 Å². The lowest BCUT2D eigenvalue weighted by atomic mass is 10.3. The predicted octanol–water partition coefficient (Wildman–Crippen LogP) is 0.759. The maximum absolute atomic E-state index is 11.6. The Morgan fingerprint density at radius 3 is 2.69 bits per heavy atom. The number of nitrogens with zero attached hydrogens (tertiary/aromatic N) is 2. The molecule has 0 aliphatic heterocycles. The number of aromatic nitrogens is 2. The van der Waals surface area contributed by atoms with Crippen molar-refractivity contribution in [3.8, 4) is 0 Å². The summed E-state index contributed by atoms with van der Waals surface area (Å²) in [6, 6.07) is 0. The van der Waals surface area contributed by atoms with Crippen LogP contribution in [0, 0.1) is 13.8 Å². The zero-order valence-electron chi connectivity index (χ0n) is 9.50. The van der Waals surface area contributed by atoms with Crippen LogP contribution in [-0.2, 0) is 11.3 Å². The van der Waals surface area contributed by atoms with E-state index < -0.39 is 0 Å². The normalized spacial score (nSPS) is 10.2. The topological polar surface area (TPSA) is 64.0 Å². The van der Waals surface area contributed by atoms with Gasteiger partial charge in [-0.25, -0.2) is 4.79 Å². The van der Waals surface area contributed by atoms with E-state index in [1.807, 2.05) is 6.92 Å². The van der Waals surface area contributed by atoms with Crippen LogP contribution < -0.4 is 11.0 Å². The van der Waals surface area contributed by atoms with Crippen molar-refractivity contribution in [1.82, 2.24) is 14.9 Å². The Labute approximate surface area is 102 Å². The maximum Gasteiger partial charge on any atom is 0.348 e. The molecule has 0 fully saturated rings. The lowest BCUT2D eigenvalue weighted by Gasteiger charge is -2.11. The SMILES string of the molecule is CNC(=O)CCn1c(C)c(Br)c(C)nc1=O. The van der Waals surface area contributed by atoms with Gasteiger partial charge in [-0.05, 0) is 29.8 Å². The van der Waals surface area contributed by atoms with Crippen molar-refractivity contribution in [1.29, 1.82) is 0 Å². The van der Waals surface area contributed by atoms with E-state index in [-0.39, 0.29) is 18.0 Å². The number of hydrogen-bond donors (Lipinski definition) is 1. The number of carbonyl (C=O) groups excluding carboxylic acids is 1. The molecule has 0 bridgehead atoms. The summed E-state index contributed by atoms with van der Waals surface area (Å²) in [7, 11) is 1.57. The quantitative estimate of drug-likeness (QED) is 0.893. The second-order valence-electron chi connectivity index (χ2n) is 3.45. The van der Waals surface area contributed by atoms with E-state index in [1.54, 1.807) is 14.0 Å². The Morgan fingerprint density at radius 1 is 1.50 bits per heavy atom. The minimum Gasteiger partial charge on any atom is -0.359 e. The molecule has 0 spiro atoms. The molecule has 1 amide bonds. The van der Waals surface area contributed by atoms with Crippen LogP contribution in [0.4, 0.5) is 0 Å². The largest absolute Gasteiger partial charge is 0.359 e. The van der Waals surface area contributed by atoms with E-state index in [9.17, 15) is 9.59 Å². The number of hydrogen-bond acceptors (Lipinski definition) is 3. The Bertz CT molecular complexity index is 468. The highest BCUT2D eigenvalue weighted by Gasteiger charge is 2.09. The minimum absolute atomic E-state index is 0.0944. The molecule has 88 valence electrons. The van der Waals surface area contributed by atoms with Crippen molar-refractivity contribution in [3.63, 3.8) is 0 Å². The van der Waals surface area contributed by atoms with Crippen molar-refractivity contribution in [2.45, 2.75) is 26.8 Å². The first-order chi connectivity index (χ1) is 7.47. The Hall–Kier alpha value is -1.17. The molecule has 1 aromatic rings. The lowest BCUT2D eigenvalue weighted by molar-refractivity contribution is -0.120. The molecule has 1 rings (SSSR count). The molecule has 1 aromatic heterocycles. The van der Waals surface area contributed by atoms with Gasteiger partial charge in [0.1, 0.15) is 0 Å². The molecule has 0 aliphatic carbocycles. The maximum atomic E-state index is 11.6. The molecule has 1 heterocycles. The van der Waals surface area contributed by atoms with Gasteiger partial charge in [0, 0.05) is 25.7 Å². The molecule has 16 heavy (non-hydrogen) atoms. The fourth-order valence-corrected chi connectivity index (χ4v) is 1.68. The van der Waals surface area contributed by atoms with Gasteiger partial charge >= 0.3 is 5.69 Å². The highest BCUT2D eigenvalue weighted by atomic mass is 79.9. The Kier molecular flexibility index (Phi) is 4.23. The molecular formula is C10H14BrN3O2. The number of nitrogens with one attached hydrogen (secondary N) is 1. The third kappa shape index (κ3) is 2.69. The Balaban J connectivity index is 3.01. The first-order valence-electron chi connectivity index (χ1n) is 4.91. The second kappa shape index (κ2) is 5.25. The van der Waals surface area contributed by atoms with E-state index in [0.717, 1.165) is 10.2 Å². The van der Waals surface area contributed by atoms with Gasteiger partial charge in [-0.1, -0.05) is 0 Å². The van der Waals surface area contributed by atoms with Gasteiger partial charge in [-0.3, -0.25) is 9.36 Å². The van der Waals surface area contributed by atoms with Crippen molar-refractivity contribution < 1.29 is 4.79 Å². The smallest absolute Gasteiger partial charge is 0.348 e. The third-order valence-electron chi connectivity index (χ3n) is 2.38. The summed E-state index contributed by atoms with van der Waals surface area (Å²) >= 11 is 3.37. The zero-order valence-corrected chi connectivity index (χ0v) is 11.1. The molecule has 0 aliphatic rings. The van der Waals surface area contributed by atoms with Gasteiger partial charge in [0.25, 0.3) is 0 Å². The molecule has 0 atom stereocenters. The molecule has 1 N–H and O–H groups in total. The average Bonchev–Trinajstić information content (AvgIpc) is 2.25. The molecule has 0 unspecified atom stereocenters. The first-order valence-corrected chi connectivity index (χ1v) is 5.70. The fourth-order valence-electron chi connectivity index (χ4n) is 1.38. The summed E-state index contributed by atoms with van der Waals surface area (Å²) in [5, 5.41) is 2.51. The van der Waals surface area contributed by atoms with Gasteiger partial charge in [0.15, 0.2) is 0 Å². The first kappa shape index (κ1) is 12.9. The van der Waals surface area contributed by atoms with Crippen LogP contribution in [0.2, 0.25) is 0 Å². The number of amides is 1. The highest BCUT2D eigenvalue weighted by molar-refractivity contribution is 9.10. The second-order valence-corrected chi connectivity index (χ2v) is 4.25. The van der Waals surface area contributed by atoms with Crippen LogP contribution in [0.5, 0.6) is 0 Å². The third-order valence-corrected chi connectivity index (χ3v) is 3.52. The number of aryl methyl sites for hydroxylation is 1. The van der Waals surface area contributed by atoms with E-state index in [4.69, 9.17) is 0 Å². The summed E-state index contributed by atoms with van der Waals surface area (Å²) < 4.78 is 2.30. The van der Waals surface area contributed by atoms with Gasteiger partial charge in [-0.15, -0.1) is 0 Å². The zero-order chi connectivity index (χ0) is 12.3. The molecule has 0 radical (unpaired) electrons. The van der Waals surface area contributed by atoms with Gasteiger partial charge in [-0.2, -0.15) is 4.98 Å². The summed E-state index contributed by atoms with van der Waals surface area (Å²) in [5.74, 6) is -0.0944. The van der Waals surface area contributed by atoms with E-state index >= 15 is 0 Å². The minimum atomic E-state index is -0.317. The molecule has 5 nitrogen and oxygen atoms in total. The van der Waals surface area contributed by atoms with Gasteiger partial charge in [0.05, 0.1) is 10.2 Å². The molecule has 6 heteroatoms. The summed E-state index contributed by atoms with van der Waals surface area (Å²) in [5.41, 5.74) is 1.14. The van der Waals surface area contributed by atoms with Crippen molar-refractivity contribution in [2.24, 2.45) is 0 Å². The average molecular weight is 288 g/mol. The number of carbonyl (C=O) groups is 1. The van der Waals surface area contributed by atoms with Crippen LogP contribution in [0.15, 0.2) is 9.27 Å². The monoisotopic (exact) mass is 287 g/mol. The summed E-state index contributed by atoms with van der Waals surface area (Å²) in [6.07, 6.45) is 0.272. The van der Waals surface area contributed by atoms with Crippen LogP contribution in [0.3, 0.4) is 0 Å². The van der Waals surface area contributed by atoms with Gasteiger partial charge < -0.3 is 5.32 Å². The fraction of sp³-hybridized carbons (Fsp3) is 0.500. The van der Waals surface area contributed by atoms with Crippen LogP contribution in [-0.4, -0.2) is 22.5 Å². The number of rotatable bonds is 3. The van der Waals surface area contributed by atoms with Crippen molar-refractivity contribution in [2.75, 3.05) is 7.05 Å². The van der Waals surface area contributed by atoms with E-state index in [2.05, 4.69) is 26.2 Å². The molecule has 0 saturated carbocycles. The van der Waals surface area contributed by atoms with Crippen molar-refractivity contribution in [3.05, 3.63) is 26.3 Å². The highest BCUT2D eigenvalue weighted by Crippen LogP contribution is 2.16. The van der Waals surface area contributed by atoms with E-state index in [1.165, 1.54) is 4.57 Å². The van der Waals surface area contributed by atoms with Crippen LogP contribution in [0.1, 0.15) is 17.8 Å². The van der Waals surface area contributed by atoms with E-state index in [0.29, 0.717) is 12.2 Å². The van der Waals surface area contributed by atoms with Crippen LogP contribution in [0.25, 0.3) is 0 Å².